The van der Waals surface area contributed by atoms with E-state index in [1.54, 1.807) is 24.3 Å². The molecule has 1 aliphatic heterocycles. The zero-order valence-corrected chi connectivity index (χ0v) is 11.4. The molecule has 1 unspecified atom stereocenters. The van der Waals surface area contributed by atoms with E-state index in [-0.39, 0.29) is 6.04 Å². The Balaban J connectivity index is 2.04. The molecule has 1 fully saturated rings. The third-order valence-electron chi connectivity index (χ3n) is 3.00. The lowest BCUT2D eigenvalue weighted by Crippen LogP contribution is -2.45. The number of aliphatic carboxylic acids is 1. The first-order valence-corrected chi connectivity index (χ1v) is 6.57. The van der Waals surface area contributed by atoms with Gasteiger partial charge in [-0.15, -0.1) is 0 Å². The van der Waals surface area contributed by atoms with E-state index in [1.807, 2.05) is 0 Å². The third kappa shape index (κ3) is 3.61. The Morgan fingerprint density at radius 3 is 2.75 bits per heavy atom. The molecule has 2 atom stereocenters. The smallest absolute Gasteiger partial charge is 0.331 e. The van der Waals surface area contributed by atoms with E-state index < -0.39 is 18.0 Å². The molecule has 2 amide bonds. The highest BCUT2D eigenvalue weighted by molar-refractivity contribution is 6.31. The molecule has 0 aromatic heterocycles. The maximum atomic E-state index is 11.8. The summed E-state index contributed by atoms with van der Waals surface area (Å²) in [5.74, 6) is -1.17. The number of carbonyl (C=O) groups is 2. The average molecular weight is 299 g/mol. The van der Waals surface area contributed by atoms with Crippen LogP contribution in [0.25, 0.3) is 0 Å². The number of amides is 2. The van der Waals surface area contributed by atoms with Crippen LogP contribution in [0.1, 0.15) is 18.0 Å². The van der Waals surface area contributed by atoms with Gasteiger partial charge in [-0.05, 0) is 12.5 Å². The number of hydrogen-bond acceptors (Lipinski definition) is 3. The fourth-order valence-corrected chi connectivity index (χ4v) is 2.23. The Morgan fingerprint density at radius 1 is 1.40 bits per heavy atom. The van der Waals surface area contributed by atoms with Crippen LogP contribution in [-0.2, 0) is 9.53 Å². The normalized spacial score (nSPS) is 19.4. The van der Waals surface area contributed by atoms with Gasteiger partial charge in [-0.2, -0.15) is 0 Å². The van der Waals surface area contributed by atoms with Crippen LogP contribution >= 0.6 is 11.6 Å². The van der Waals surface area contributed by atoms with Crippen LogP contribution in [0.5, 0.6) is 0 Å². The van der Waals surface area contributed by atoms with E-state index in [9.17, 15) is 14.7 Å². The number of carboxylic acids is 1. The molecule has 0 spiro atoms. The van der Waals surface area contributed by atoms with Crippen LogP contribution in [0.4, 0.5) is 4.79 Å². The summed E-state index contributed by atoms with van der Waals surface area (Å²) in [5.41, 5.74) is 0.347. The van der Waals surface area contributed by atoms with Crippen molar-refractivity contribution in [1.29, 1.82) is 0 Å². The van der Waals surface area contributed by atoms with Gasteiger partial charge in [0.25, 0.3) is 0 Å². The van der Waals surface area contributed by atoms with Crippen LogP contribution in [0, 0.1) is 0 Å². The van der Waals surface area contributed by atoms with Gasteiger partial charge in [-0.3, -0.25) is 0 Å². The van der Waals surface area contributed by atoms with Crippen LogP contribution in [0.3, 0.4) is 0 Å². The maximum Gasteiger partial charge on any atom is 0.331 e. The quantitative estimate of drug-likeness (QED) is 0.787. The van der Waals surface area contributed by atoms with Crippen molar-refractivity contribution in [1.82, 2.24) is 10.6 Å². The van der Waals surface area contributed by atoms with E-state index in [2.05, 4.69) is 10.6 Å². The monoisotopic (exact) mass is 298 g/mol. The van der Waals surface area contributed by atoms with Gasteiger partial charge in [-0.1, -0.05) is 29.8 Å². The molecule has 6 nitrogen and oxygen atoms in total. The SMILES string of the molecule is O=C(NC1CCOC1)N[C@@H](C(=O)O)c1ccccc1Cl. The van der Waals surface area contributed by atoms with Crippen molar-refractivity contribution in [3.63, 3.8) is 0 Å². The maximum absolute atomic E-state index is 11.8. The molecule has 2 rings (SSSR count). The van der Waals surface area contributed by atoms with Gasteiger partial charge in [0, 0.05) is 17.2 Å². The molecule has 0 bridgehead atoms. The van der Waals surface area contributed by atoms with Gasteiger partial charge in [-0.25, -0.2) is 9.59 Å². The molecule has 3 N–H and O–H groups in total. The summed E-state index contributed by atoms with van der Waals surface area (Å²) in [4.78, 5) is 23.1. The zero-order chi connectivity index (χ0) is 14.5. The Kier molecular flexibility index (Phi) is 4.81. The lowest BCUT2D eigenvalue weighted by molar-refractivity contribution is -0.139. The lowest BCUT2D eigenvalue weighted by atomic mass is 10.1. The van der Waals surface area contributed by atoms with Crippen molar-refractivity contribution >= 4 is 23.6 Å². The van der Waals surface area contributed by atoms with Crippen LogP contribution in [0.2, 0.25) is 5.02 Å². The molecule has 0 radical (unpaired) electrons. The molecule has 1 saturated heterocycles. The van der Waals surface area contributed by atoms with Crippen molar-refractivity contribution < 1.29 is 19.4 Å². The number of carbonyl (C=O) groups excluding carboxylic acids is 1. The number of ether oxygens (including phenoxy) is 1. The van der Waals surface area contributed by atoms with Gasteiger partial charge in [0.1, 0.15) is 0 Å². The van der Waals surface area contributed by atoms with Crippen LogP contribution in [0.15, 0.2) is 24.3 Å². The number of rotatable bonds is 4. The highest BCUT2D eigenvalue weighted by Gasteiger charge is 2.25. The Morgan fingerprint density at radius 2 is 2.15 bits per heavy atom. The first kappa shape index (κ1) is 14.6. The molecule has 1 aromatic rings. The molecular weight excluding hydrogens is 284 g/mol. The zero-order valence-electron chi connectivity index (χ0n) is 10.6. The van der Waals surface area contributed by atoms with Crippen molar-refractivity contribution in [2.45, 2.75) is 18.5 Å². The fraction of sp³-hybridized carbons (Fsp3) is 0.385. The van der Waals surface area contributed by atoms with E-state index in [1.165, 1.54) is 0 Å². The molecule has 1 aromatic carbocycles. The van der Waals surface area contributed by atoms with Gasteiger partial charge >= 0.3 is 12.0 Å². The standard InChI is InChI=1S/C13H15ClN2O4/c14-10-4-2-1-3-9(10)11(12(17)18)16-13(19)15-8-5-6-20-7-8/h1-4,8,11H,5-7H2,(H,17,18)(H2,15,16,19)/t8?,11-/m1/s1. The number of urea groups is 1. The molecule has 1 aliphatic rings. The number of hydrogen-bond donors (Lipinski definition) is 3. The summed E-state index contributed by atoms with van der Waals surface area (Å²) in [7, 11) is 0. The Labute approximate surface area is 121 Å². The highest BCUT2D eigenvalue weighted by atomic mass is 35.5. The summed E-state index contributed by atoms with van der Waals surface area (Å²) in [6, 6.07) is 4.69. The summed E-state index contributed by atoms with van der Waals surface area (Å²) >= 11 is 5.96. The molecule has 108 valence electrons. The van der Waals surface area contributed by atoms with Crippen molar-refractivity contribution in [2.75, 3.05) is 13.2 Å². The highest BCUT2D eigenvalue weighted by Crippen LogP contribution is 2.22. The minimum absolute atomic E-state index is 0.0873. The second-order valence-corrected chi connectivity index (χ2v) is 4.88. The topological polar surface area (TPSA) is 87.7 Å². The molecule has 0 aliphatic carbocycles. The molecule has 7 heteroatoms. The van der Waals surface area contributed by atoms with Crippen molar-refractivity contribution in [2.24, 2.45) is 0 Å². The third-order valence-corrected chi connectivity index (χ3v) is 3.35. The van der Waals surface area contributed by atoms with Gasteiger partial charge < -0.3 is 20.5 Å². The Hall–Kier alpha value is -1.79. The van der Waals surface area contributed by atoms with Crippen molar-refractivity contribution in [3.8, 4) is 0 Å². The minimum atomic E-state index is -1.19. The van der Waals surface area contributed by atoms with Gasteiger partial charge in [0.05, 0.1) is 12.6 Å². The summed E-state index contributed by atoms with van der Waals surface area (Å²) in [5, 5.41) is 14.6. The second-order valence-electron chi connectivity index (χ2n) is 4.47. The van der Waals surface area contributed by atoms with E-state index in [0.29, 0.717) is 23.8 Å². The van der Waals surface area contributed by atoms with Crippen LogP contribution < -0.4 is 10.6 Å². The summed E-state index contributed by atoms with van der Waals surface area (Å²) < 4.78 is 5.13. The largest absolute Gasteiger partial charge is 0.479 e. The van der Waals surface area contributed by atoms with E-state index in [4.69, 9.17) is 16.3 Å². The average Bonchev–Trinajstić information content (AvgIpc) is 2.89. The molecule has 1 heterocycles. The summed E-state index contributed by atoms with van der Waals surface area (Å²) in [6.07, 6.45) is 0.719. The first-order chi connectivity index (χ1) is 9.58. The molecular formula is C13H15ClN2O4. The fourth-order valence-electron chi connectivity index (χ4n) is 1.99. The van der Waals surface area contributed by atoms with Gasteiger partial charge in [0.15, 0.2) is 6.04 Å². The van der Waals surface area contributed by atoms with Crippen LogP contribution in [-0.4, -0.2) is 36.4 Å². The Bertz CT molecular complexity index is 503. The number of benzene rings is 1. The molecule has 0 saturated carbocycles. The van der Waals surface area contributed by atoms with E-state index >= 15 is 0 Å². The first-order valence-electron chi connectivity index (χ1n) is 6.20. The lowest BCUT2D eigenvalue weighted by Gasteiger charge is -2.18. The second kappa shape index (κ2) is 6.58. The van der Waals surface area contributed by atoms with Gasteiger partial charge in [0.2, 0.25) is 0 Å². The number of nitrogens with one attached hydrogen (secondary N) is 2. The number of halogens is 1. The minimum Gasteiger partial charge on any atom is -0.479 e. The molecule has 20 heavy (non-hydrogen) atoms. The summed E-state index contributed by atoms with van der Waals surface area (Å²) in [6.45, 7) is 1.04. The number of carboxylic acid groups (broad SMARTS) is 1. The predicted molar refractivity (Wildman–Crippen MR) is 72.7 cm³/mol. The van der Waals surface area contributed by atoms with Crippen molar-refractivity contribution in [3.05, 3.63) is 34.9 Å². The predicted octanol–water partition coefficient (Wildman–Crippen LogP) is 1.55. The van der Waals surface area contributed by atoms with E-state index in [0.717, 1.165) is 6.42 Å².